The Kier molecular flexibility index (Phi) is 5.79. The van der Waals surface area contributed by atoms with Crippen molar-refractivity contribution in [1.82, 2.24) is 15.5 Å². The number of hydrogen-bond donors (Lipinski definition) is 1. The number of rotatable bonds is 8. The van der Waals surface area contributed by atoms with E-state index in [9.17, 15) is 4.79 Å². The number of carbonyl (C=O) groups is 1. The molecule has 1 N–H and O–H groups in total. The monoisotopic (exact) mass is 443 g/mol. The van der Waals surface area contributed by atoms with E-state index >= 15 is 0 Å². The number of amides is 1. The fourth-order valence-corrected chi connectivity index (χ4v) is 4.01. The van der Waals surface area contributed by atoms with Gasteiger partial charge in [0.1, 0.15) is 11.4 Å². The number of ether oxygens (including phenoxy) is 2. The molecule has 168 valence electrons. The zero-order valence-corrected chi connectivity index (χ0v) is 18.6. The van der Waals surface area contributed by atoms with Gasteiger partial charge in [-0.15, -0.1) is 0 Å². The molecule has 4 aromatic rings. The van der Waals surface area contributed by atoms with Crippen LogP contribution in [0.1, 0.15) is 46.4 Å². The number of benzene rings is 2. The summed E-state index contributed by atoms with van der Waals surface area (Å²) >= 11 is 0. The van der Waals surface area contributed by atoms with E-state index in [-0.39, 0.29) is 11.9 Å². The number of nitrogens with zero attached hydrogens (tertiary/aromatic N) is 2. The lowest BCUT2D eigenvalue weighted by Crippen LogP contribution is -2.31. The lowest BCUT2D eigenvalue weighted by molar-refractivity contribution is 0.0898. The summed E-state index contributed by atoms with van der Waals surface area (Å²) in [4.78, 5) is 18.3. The number of carbonyl (C=O) groups excluding carboxylic acids is 1. The van der Waals surface area contributed by atoms with Crippen molar-refractivity contribution in [2.24, 2.45) is 0 Å². The molecule has 0 bridgehead atoms. The number of methoxy groups -OCH3 is 2. The molecular weight excluding hydrogens is 418 g/mol. The third-order valence-corrected chi connectivity index (χ3v) is 5.89. The highest BCUT2D eigenvalue weighted by Crippen LogP contribution is 2.41. The van der Waals surface area contributed by atoms with Crippen molar-refractivity contribution in [1.29, 1.82) is 0 Å². The van der Waals surface area contributed by atoms with Crippen molar-refractivity contribution in [3.63, 3.8) is 0 Å². The molecule has 1 aliphatic carbocycles. The molecule has 33 heavy (non-hydrogen) atoms. The number of aromatic nitrogens is 2. The van der Waals surface area contributed by atoms with Crippen molar-refractivity contribution in [2.45, 2.75) is 24.8 Å². The zero-order chi connectivity index (χ0) is 22.8. The summed E-state index contributed by atoms with van der Waals surface area (Å²) in [5.74, 6) is 0.851. The van der Waals surface area contributed by atoms with E-state index in [0.717, 1.165) is 35.4 Å². The van der Waals surface area contributed by atoms with Gasteiger partial charge in [-0.2, -0.15) is 0 Å². The summed E-state index contributed by atoms with van der Waals surface area (Å²) in [5.41, 5.74) is 4.13. The van der Waals surface area contributed by atoms with E-state index in [1.54, 1.807) is 14.2 Å². The van der Waals surface area contributed by atoms with Crippen LogP contribution in [0.4, 0.5) is 0 Å². The Hall–Kier alpha value is -3.71. The molecule has 0 aliphatic heterocycles. The lowest BCUT2D eigenvalue weighted by Gasteiger charge is -2.19. The molecule has 0 saturated heterocycles. The van der Waals surface area contributed by atoms with Crippen LogP contribution in [-0.2, 0) is 4.74 Å². The van der Waals surface area contributed by atoms with Crippen LogP contribution in [0, 0.1) is 0 Å². The van der Waals surface area contributed by atoms with Crippen LogP contribution in [-0.4, -0.2) is 36.9 Å². The fraction of sp³-hybridized carbons (Fsp3) is 0.269. The molecule has 1 saturated carbocycles. The molecule has 0 spiro atoms. The number of fused-ring (bicyclic) bond motifs is 1. The molecule has 5 rings (SSSR count). The van der Waals surface area contributed by atoms with Gasteiger partial charge in [-0.3, -0.25) is 4.79 Å². The molecule has 1 unspecified atom stereocenters. The minimum absolute atomic E-state index is 0.227. The van der Waals surface area contributed by atoms with E-state index in [2.05, 4.69) is 15.5 Å². The van der Waals surface area contributed by atoms with Gasteiger partial charge in [0.05, 0.1) is 30.7 Å². The first-order valence-electron chi connectivity index (χ1n) is 11.0. The molecule has 2 aromatic heterocycles. The highest BCUT2D eigenvalue weighted by molar-refractivity contribution is 6.09. The Morgan fingerprint density at radius 3 is 2.67 bits per heavy atom. The Morgan fingerprint density at radius 1 is 1.12 bits per heavy atom. The molecule has 1 atom stereocenters. The van der Waals surface area contributed by atoms with Gasteiger partial charge in [-0.25, -0.2) is 4.98 Å². The summed E-state index contributed by atoms with van der Waals surface area (Å²) in [6.45, 7) is 0.317. The Morgan fingerprint density at radius 2 is 1.94 bits per heavy atom. The van der Waals surface area contributed by atoms with Crippen LogP contribution in [0.3, 0.4) is 0 Å². The fourth-order valence-electron chi connectivity index (χ4n) is 4.01. The summed E-state index contributed by atoms with van der Waals surface area (Å²) in [5, 5.41) is 8.02. The molecule has 2 aromatic carbocycles. The third kappa shape index (κ3) is 4.32. The molecule has 1 aliphatic rings. The SMILES string of the molecule is COCC(NC(=O)c1cc(C2CC2)nc2onc(-c3ccccc3)c12)c1cccc(OC)c1. The first-order chi connectivity index (χ1) is 16.2. The molecule has 7 nitrogen and oxygen atoms in total. The van der Waals surface area contributed by atoms with Crippen LogP contribution < -0.4 is 10.1 Å². The number of hydrogen-bond acceptors (Lipinski definition) is 6. The minimum atomic E-state index is -0.356. The molecule has 7 heteroatoms. The van der Waals surface area contributed by atoms with Crippen LogP contribution in [0.15, 0.2) is 65.2 Å². The second-order valence-electron chi connectivity index (χ2n) is 8.20. The van der Waals surface area contributed by atoms with Gasteiger partial charge in [0.15, 0.2) is 0 Å². The van der Waals surface area contributed by atoms with E-state index in [0.29, 0.717) is 34.9 Å². The van der Waals surface area contributed by atoms with Gasteiger partial charge in [0.25, 0.3) is 11.6 Å². The van der Waals surface area contributed by atoms with Crippen molar-refractivity contribution in [3.05, 3.63) is 77.5 Å². The summed E-state index contributed by atoms with van der Waals surface area (Å²) < 4.78 is 16.4. The maximum absolute atomic E-state index is 13.7. The highest BCUT2D eigenvalue weighted by Gasteiger charge is 2.30. The second-order valence-corrected chi connectivity index (χ2v) is 8.20. The largest absolute Gasteiger partial charge is 0.497 e. The van der Waals surface area contributed by atoms with Crippen LogP contribution >= 0.6 is 0 Å². The molecule has 0 radical (unpaired) electrons. The van der Waals surface area contributed by atoms with Crippen molar-refractivity contribution >= 4 is 17.0 Å². The lowest BCUT2D eigenvalue weighted by atomic mass is 10.0. The third-order valence-electron chi connectivity index (χ3n) is 5.89. The second kappa shape index (κ2) is 9.03. The van der Waals surface area contributed by atoms with Gasteiger partial charge < -0.3 is 19.3 Å². The topological polar surface area (TPSA) is 86.5 Å². The molecule has 2 heterocycles. The van der Waals surface area contributed by atoms with Crippen molar-refractivity contribution in [3.8, 4) is 17.0 Å². The van der Waals surface area contributed by atoms with Crippen LogP contribution in [0.2, 0.25) is 0 Å². The Balaban J connectivity index is 1.56. The molecule has 1 fully saturated rings. The van der Waals surface area contributed by atoms with Gasteiger partial charge in [-0.05, 0) is 36.6 Å². The summed E-state index contributed by atoms with van der Waals surface area (Å²) in [6.07, 6.45) is 2.13. The quantitative estimate of drug-likeness (QED) is 0.417. The van der Waals surface area contributed by atoms with Gasteiger partial charge in [-0.1, -0.05) is 47.6 Å². The first kappa shape index (κ1) is 21.2. The van der Waals surface area contributed by atoms with E-state index in [1.165, 1.54) is 0 Å². The Labute approximate surface area is 191 Å². The van der Waals surface area contributed by atoms with Gasteiger partial charge in [0, 0.05) is 24.3 Å². The summed E-state index contributed by atoms with van der Waals surface area (Å²) in [7, 11) is 3.23. The maximum atomic E-state index is 13.7. The van der Waals surface area contributed by atoms with Gasteiger partial charge in [0.2, 0.25) is 0 Å². The van der Waals surface area contributed by atoms with Crippen molar-refractivity contribution in [2.75, 3.05) is 20.8 Å². The maximum Gasteiger partial charge on any atom is 0.259 e. The van der Waals surface area contributed by atoms with Crippen LogP contribution in [0.5, 0.6) is 5.75 Å². The minimum Gasteiger partial charge on any atom is -0.497 e. The predicted octanol–water partition coefficient (Wildman–Crippen LogP) is 4.89. The molecule has 1 amide bonds. The number of nitrogens with one attached hydrogen (secondary N) is 1. The predicted molar refractivity (Wildman–Crippen MR) is 124 cm³/mol. The zero-order valence-electron chi connectivity index (χ0n) is 18.6. The average Bonchev–Trinajstić information content (AvgIpc) is 3.62. The normalized spacial score (nSPS) is 14.2. The Bertz CT molecular complexity index is 1280. The van der Waals surface area contributed by atoms with E-state index < -0.39 is 0 Å². The average molecular weight is 444 g/mol. The molecular formula is C26H25N3O4. The first-order valence-corrected chi connectivity index (χ1v) is 11.0. The standard InChI is InChI=1S/C26H25N3O4/c1-31-15-22(18-9-6-10-19(13-18)32-2)27-25(30)20-14-21(16-11-12-16)28-26-23(20)24(29-33-26)17-7-4-3-5-8-17/h3-10,13-14,16,22H,11-12,15H2,1-2H3,(H,27,30). The smallest absolute Gasteiger partial charge is 0.259 e. The van der Waals surface area contributed by atoms with E-state index in [1.807, 2.05) is 60.7 Å². The summed E-state index contributed by atoms with van der Waals surface area (Å²) in [6, 6.07) is 18.8. The van der Waals surface area contributed by atoms with Crippen LogP contribution in [0.25, 0.3) is 22.4 Å². The highest BCUT2D eigenvalue weighted by atomic mass is 16.5. The van der Waals surface area contributed by atoms with Gasteiger partial charge >= 0.3 is 0 Å². The van der Waals surface area contributed by atoms with E-state index in [4.69, 9.17) is 14.0 Å². The number of pyridine rings is 1. The van der Waals surface area contributed by atoms with Crippen molar-refractivity contribution < 1.29 is 18.8 Å².